The standard InChI is InChI=1S/C11H12ClNO5S/c12-10-5-8(1-2-9(10)11(15)16)19(17,18)13-4-3-7(14)6-13/h1-2,5,7,14H,3-4,6H2,(H,15,16)/t7-/m0/s1. The monoisotopic (exact) mass is 305 g/mol. The lowest BCUT2D eigenvalue weighted by Gasteiger charge is -2.16. The SMILES string of the molecule is O=C(O)c1ccc(S(=O)(=O)N2CC[C@H](O)C2)cc1Cl. The molecular weight excluding hydrogens is 294 g/mol. The molecule has 2 N–H and O–H groups in total. The van der Waals surface area contributed by atoms with Gasteiger partial charge in [0.05, 0.1) is 21.6 Å². The molecule has 1 aliphatic heterocycles. The molecule has 1 saturated heterocycles. The highest BCUT2D eigenvalue weighted by atomic mass is 35.5. The van der Waals surface area contributed by atoms with E-state index >= 15 is 0 Å². The van der Waals surface area contributed by atoms with E-state index in [2.05, 4.69) is 0 Å². The summed E-state index contributed by atoms with van der Waals surface area (Å²) in [7, 11) is -3.74. The van der Waals surface area contributed by atoms with E-state index in [0.29, 0.717) is 6.42 Å². The van der Waals surface area contributed by atoms with Crippen molar-refractivity contribution in [2.75, 3.05) is 13.1 Å². The normalized spacial score (nSPS) is 20.6. The minimum Gasteiger partial charge on any atom is -0.478 e. The van der Waals surface area contributed by atoms with Crippen molar-refractivity contribution in [3.63, 3.8) is 0 Å². The molecule has 0 amide bonds. The molecule has 0 saturated carbocycles. The number of nitrogens with zero attached hydrogens (tertiary/aromatic N) is 1. The van der Waals surface area contributed by atoms with Gasteiger partial charge < -0.3 is 10.2 Å². The molecule has 1 atom stereocenters. The first-order valence-corrected chi connectivity index (χ1v) is 7.35. The van der Waals surface area contributed by atoms with Crippen LogP contribution in [0.4, 0.5) is 0 Å². The number of aromatic carboxylic acids is 1. The van der Waals surface area contributed by atoms with E-state index in [1.54, 1.807) is 0 Å². The zero-order valence-electron chi connectivity index (χ0n) is 9.78. The third kappa shape index (κ3) is 2.74. The summed E-state index contributed by atoms with van der Waals surface area (Å²) < 4.78 is 25.6. The van der Waals surface area contributed by atoms with Gasteiger partial charge in [0.15, 0.2) is 0 Å². The van der Waals surface area contributed by atoms with Crippen molar-refractivity contribution in [3.05, 3.63) is 28.8 Å². The summed E-state index contributed by atoms with van der Waals surface area (Å²) in [5.41, 5.74) is -0.151. The Morgan fingerprint density at radius 2 is 2.11 bits per heavy atom. The number of β-amino-alcohol motifs (C(OH)–C–C–N with tert-alkyl or cyclic N) is 1. The molecule has 0 spiro atoms. The minimum absolute atomic E-state index is 0.0423. The third-order valence-electron chi connectivity index (χ3n) is 2.93. The average molecular weight is 306 g/mol. The fraction of sp³-hybridized carbons (Fsp3) is 0.364. The lowest BCUT2D eigenvalue weighted by Crippen LogP contribution is -2.29. The van der Waals surface area contributed by atoms with Gasteiger partial charge in [-0.3, -0.25) is 0 Å². The zero-order valence-corrected chi connectivity index (χ0v) is 11.4. The lowest BCUT2D eigenvalue weighted by molar-refractivity contribution is 0.0697. The smallest absolute Gasteiger partial charge is 0.337 e. The first kappa shape index (κ1) is 14.3. The lowest BCUT2D eigenvalue weighted by atomic mass is 10.2. The predicted molar refractivity (Wildman–Crippen MR) is 67.8 cm³/mol. The highest BCUT2D eigenvalue weighted by Gasteiger charge is 2.32. The summed E-state index contributed by atoms with van der Waals surface area (Å²) >= 11 is 5.75. The van der Waals surface area contributed by atoms with Crippen LogP contribution in [-0.2, 0) is 10.0 Å². The number of aliphatic hydroxyl groups excluding tert-OH is 1. The van der Waals surface area contributed by atoms with Gasteiger partial charge in [-0.05, 0) is 24.6 Å². The molecular formula is C11H12ClNO5S. The summed E-state index contributed by atoms with van der Waals surface area (Å²) in [4.78, 5) is 10.7. The number of carboxylic acid groups (broad SMARTS) is 1. The Balaban J connectivity index is 2.36. The van der Waals surface area contributed by atoms with Crippen molar-refractivity contribution in [1.82, 2.24) is 4.31 Å². The van der Waals surface area contributed by atoms with Crippen LogP contribution in [0.1, 0.15) is 16.8 Å². The number of hydrogen-bond donors (Lipinski definition) is 2. The number of halogens is 1. The predicted octanol–water partition coefficient (Wildman–Crippen LogP) is 0.794. The molecule has 0 aliphatic carbocycles. The van der Waals surface area contributed by atoms with Crippen molar-refractivity contribution in [3.8, 4) is 0 Å². The maximum atomic E-state index is 12.2. The van der Waals surface area contributed by atoms with Crippen LogP contribution in [0.5, 0.6) is 0 Å². The second kappa shape index (κ2) is 5.09. The Hall–Kier alpha value is -1.15. The molecule has 1 heterocycles. The first-order chi connectivity index (χ1) is 8.82. The number of sulfonamides is 1. The molecule has 0 unspecified atom stereocenters. The number of aliphatic hydroxyl groups is 1. The number of benzene rings is 1. The Morgan fingerprint density at radius 3 is 2.58 bits per heavy atom. The molecule has 104 valence electrons. The van der Waals surface area contributed by atoms with Gasteiger partial charge in [0.1, 0.15) is 0 Å². The van der Waals surface area contributed by atoms with Crippen LogP contribution in [0, 0.1) is 0 Å². The molecule has 8 heteroatoms. The van der Waals surface area contributed by atoms with Gasteiger partial charge in [0.2, 0.25) is 10.0 Å². The Kier molecular flexibility index (Phi) is 3.82. The molecule has 2 rings (SSSR count). The van der Waals surface area contributed by atoms with Crippen LogP contribution in [0.15, 0.2) is 23.1 Å². The summed E-state index contributed by atoms with van der Waals surface area (Å²) in [5.74, 6) is -1.22. The Labute approximate surface area is 115 Å². The highest BCUT2D eigenvalue weighted by molar-refractivity contribution is 7.89. The van der Waals surface area contributed by atoms with Gasteiger partial charge in [-0.2, -0.15) is 4.31 Å². The summed E-state index contributed by atoms with van der Waals surface area (Å²) in [6.45, 7) is 0.280. The molecule has 0 radical (unpaired) electrons. The van der Waals surface area contributed by atoms with E-state index in [1.807, 2.05) is 0 Å². The Bertz CT molecular complexity index is 616. The summed E-state index contributed by atoms with van der Waals surface area (Å²) in [6, 6.07) is 3.48. The summed E-state index contributed by atoms with van der Waals surface area (Å²) in [6.07, 6.45) is -0.274. The van der Waals surface area contributed by atoms with Crippen molar-refractivity contribution >= 4 is 27.6 Å². The molecule has 0 bridgehead atoms. The van der Waals surface area contributed by atoms with Crippen LogP contribution < -0.4 is 0 Å². The van der Waals surface area contributed by atoms with Gasteiger partial charge in [0, 0.05) is 13.1 Å². The van der Waals surface area contributed by atoms with E-state index in [-0.39, 0.29) is 28.6 Å². The van der Waals surface area contributed by atoms with Crippen LogP contribution >= 0.6 is 11.6 Å². The van der Waals surface area contributed by atoms with Crippen molar-refractivity contribution < 1.29 is 23.4 Å². The second-order valence-electron chi connectivity index (χ2n) is 4.25. The van der Waals surface area contributed by atoms with E-state index in [9.17, 15) is 18.3 Å². The van der Waals surface area contributed by atoms with E-state index in [4.69, 9.17) is 16.7 Å². The third-order valence-corrected chi connectivity index (χ3v) is 5.11. The number of rotatable bonds is 3. The van der Waals surface area contributed by atoms with Gasteiger partial charge in [-0.15, -0.1) is 0 Å². The van der Waals surface area contributed by atoms with Crippen LogP contribution in [0.25, 0.3) is 0 Å². The summed E-state index contributed by atoms with van der Waals surface area (Å²) in [5, 5.41) is 18.1. The largest absolute Gasteiger partial charge is 0.478 e. The molecule has 1 fully saturated rings. The van der Waals surface area contributed by atoms with Gasteiger partial charge >= 0.3 is 5.97 Å². The van der Waals surface area contributed by atoms with E-state index < -0.39 is 22.1 Å². The molecule has 19 heavy (non-hydrogen) atoms. The number of carbonyl (C=O) groups is 1. The fourth-order valence-electron chi connectivity index (χ4n) is 1.91. The van der Waals surface area contributed by atoms with Crippen LogP contribution in [-0.4, -0.2) is 48.1 Å². The number of hydrogen-bond acceptors (Lipinski definition) is 4. The Morgan fingerprint density at radius 1 is 1.42 bits per heavy atom. The van der Waals surface area contributed by atoms with Gasteiger partial charge in [-0.25, -0.2) is 13.2 Å². The first-order valence-electron chi connectivity index (χ1n) is 5.53. The quantitative estimate of drug-likeness (QED) is 0.861. The van der Waals surface area contributed by atoms with Crippen molar-refractivity contribution in [2.45, 2.75) is 17.4 Å². The molecule has 1 aromatic carbocycles. The molecule has 1 aliphatic rings. The zero-order chi connectivity index (χ0) is 14.2. The van der Waals surface area contributed by atoms with E-state index in [1.165, 1.54) is 6.07 Å². The highest BCUT2D eigenvalue weighted by Crippen LogP contribution is 2.25. The maximum absolute atomic E-state index is 12.2. The molecule has 1 aromatic rings. The molecule has 0 aromatic heterocycles. The topological polar surface area (TPSA) is 94.9 Å². The maximum Gasteiger partial charge on any atom is 0.337 e. The van der Waals surface area contributed by atoms with Gasteiger partial charge in [0.25, 0.3) is 0 Å². The minimum atomic E-state index is -3.74. The number of carboxylic acids is 1. The van der Waals surface area contributed by atoms with Crippen LogP contribution in [0.3, 0.4) is 0 Å². The van der Waals surface area contributed by atoms with Crippen LogP contribution in [0.2, 0.25) is 5.02 Å². The second-order valence-corrected chi connectivity index (χ2v) is 6.60. The fourth-order valence-corrected chi connectivity index (χ4v) is 3.75. The van der Waals surface area contributed by atoms with Gasteiger partial charge in [-0.1, -0.05) is 11.6 Å². The van der Waals surface area contributed by atoms with Crippen molar-refractivity contribution in [2.24, 2.45) is 0 Å². The van der Waals surface area contributed by atoms with E-state index in [0.717, 1.165) is 16.4 Å². The van der Waals surface area contributed by atoms with Crippen molar-refractivity contribution in [1.29, 1.82) is 0 Å². The average Bonchev–Trinajstić information content (AvgIpc) is 2.76. The molecule has 6 nitrogen and oxygen atoms in total.